The number of hydrogen-bond acceptors (Lipinski definition) is 3. The SMILES string of the molecule is OC=C1Cc2nc[nH]c2CC1=CO. The largest absolute Gasteiger partial charge is 0.515 e. The highest BCUT2D eigenvalue weighted by Crippen LogP contribution is 2.26. The molecule has 13 heavy (non-hydrogen) atoms. The van der Waals surface area contributed by atoms with Crippen molar-refractivity contribution in [3.8, 4) is 0 Å². The Morgan fingerprint density at radius 2 is 1.92 bits per heavy atom. The summed E-state index contributed by atoms with van der Waals surface area (Å²) in [5.41, 5.74) is 3.40. The second-order valence-electron chi connectivity index (χ2n) is 2.99. The van der Waals surface area contributed by atoms with Crippen LogP contribution in [0.2, 0.25) is 0 Å². The molecule has 3 N–H and O–H groups in total. The molecule has 0 atom stereocenters. The second-order valence-corrected chi connectivity index (χ2v) is 2.99. The Labute approximate surface area is 75.3 Å². The molecule has 0 bridgehead atoms. The Morgan fingerprint density at radius 3 is 2.62 bits per heavy atom. The maximum Gasteiger partial charge on any atom is 0.0925 e. The summed E-state index contributed by atoms with van der Waals surface area (Å²) in [7, 11) is 0. The zero-order chi connectivity index (χ0) is 9.26. The highest BCUT2D eigenvalue weighted by molar-refractivity contribution is 5.41. The third-order valence-corrected chi connectivity index (χ3v) is 2.26. The summed E-state index contributed by atoms with van der Waals surface area (Å²) in [5, 5.41) is 17.8. The fourth-order valence-corrected chi connectivity index (χ4v) is 1.51. The van der Waals surface area contributed by atoms with Gasteiger partial charge in [-0.15, -0.1) is 0 Å². The third kappa shape index (κ3) is 1.20. The van der Waals surface area contributed by atoms with E-state index in [0.29, 0.717) is 12.8 Å². The quantitative estimate of drug-likeness (QED) is 0.526. The van der Waals surface area contributed by atoms with Gasteiger partial charge in [0.15, 0.2) is 0 Å². The normalized spacial score (nSPS) is 22.2. The van der Waals surface area contributed by atoms with Gasteiger partial charge in [0.2, 0.25) is 0 Å². The number of aromatic amines is 1. The van der Waals surface area contributed by atoms with Gasteiger partial charge in [-0.05, 0) is 11.1 Å². The van der Waals surface area contributed by atoms with Crippen LogP contribution in [-0.4, -0.2) is 20.2 Å². The Hall–Kier alpha value is -1.71. The van der Waals surface area contributed by atoms with E-state index in [9.17, 15) is 0 Å². The van der Waals surface area contributed by atoms with Crippen molar-refractivity contribution < 1.29 is 10.2 Å². The maximum absolute atomic E-state index is 8.91. The monoisotopic (exact) mass is 178 g/mol. The van der Waals surface area contributed by atoms with Crippen molar-refractivity contribution in [3.63, 3.8) is 0 Å². The van der Waals surface area contributed by atoms with Gasteiger partial charge in [-0.3, -0.25) is 0 Å². The van der Waals surface area contributed by atoms with Gasteiger partial charge in [0.25, 0.3) is 0 Å². The van der Waals surface area contributed by atoms with Crippen LogP contribution in [0.15, 0.2) is 30.0 Å². The summed E-state index contributed by atoms with van der Waals surface area (Å²) in [6.45, 7) is 0. The number of nitrogens with zero attached hydrogens (tertiary/aromatic N) is 1. The van der Waals surface area contributed by atoms with E-state index < -0.39 is 0 Å². The molecule has 0 amide bonds. The Bertz CT molecular complexity index is 342. The van der Waals surface area contributed by atoms with Crippen molar-refractivity contribution in [1.82, 2.24) is 9.97 Å². The van der Waals surface area contributed by atoms with E-state index in [-0.39, 0.29) is 0 Å². The number of aliphatic hydroxyl groups is 2. The summed E-state index contributed by atoms with van der Waals surface area (Å²) in [6.07, 6.45) is 4.85. The molecule has 1 aromatic rings. The molecule has 0 radical (unpaired) electrons. The zero-order valence-electron chi connectivity index (χ0n) is 6.99. The van der Waals surface area contributed by atoms with Gasteiger partial charge in [-0.1, -0.05) is 0 Å². The summed E-state index contributed by atoms with van der Waals surface area (Å²) < 4.78 is 0. The van der Waals surface area contributed by atoms with E-state index in [1.54, 1.807) is 6.33 Å². The molecule has 0 unspecified atom stereocenters. The molecule has 0 saturated carbocycles. The first-order chi connectivity index (χ1) is 6.35. The number of rotatable bonds is 0. The third-order valence-electron chi connectivity index (χ3n) is 2.26. The highest BCUT2D eigenvalue weighted by atomic mass is 16.2. The summed E-state index contributed by atoms with van der Waals surface area (Å²) >= 11 is 0. The number of H-pyrrole nitrogens is 1. The first-order valence-electron chi connectivity index (χ1n) is 4.03. The molecule has 1 aromatic heterocycles. The maximum atomic E-state index is 8.91. The lowest BCUT2D eigenvalue weighted by Crippen LogP contribution is -2.08. The van der Waals surface area contributed by atoms with Gasteiger partial charge in [0.05, 0.1) is 24.5 Å². The minimum atomic E-state index is 0.571. The molecule has 0 aromatic carbocycles. The zero-order valence-corrected chi connectivity index (χ0v) is 6.99. The van der Waals surface area contributed by atoms with Crippen LogP contribution < -0.4 is 0 Å². The Balaban J connectivity index is 2.42. The predicted octanol–water partition coefficient (Wildman–Crippen LogP) is 1.39. The number of hydrogen-bond donors (Lipinski definition) is 3. The number of aliphatic hydroxyl groups excluding tert-OH is 2. The van der Waals surface area contributed by atoms with E-state index in [1.807, 2.05) is 0 Å². The lowest BCUT2D eigenvalue weighted by Gasteiger charge is -2.15. The van der Waals surface area contributed by atoms with E-state index in [1.165, 1.54) is 0 Å². The first kappa shape index (κ1) is 7.91. The molecule has 4 heteroatoms. The molecule has 0 saturated heterocycles. The molecule has 4 nitrogen and oxygen atoms in total. The van der Waals surface area contributed by atoms with Crippen molar-refractivity contribution in [3.05, 3.63) is 41.4 Å². The molecule has 2 rings (SSSR count). The summed E-state index contributed by atoms with van der Waals surface area (Å²) in [4.78, 5) is 7.10. The first-order valence-corrected chi connectivity index (χ1v) is 4.03. The van der Waals surface area contributed by atoms with Crippen LogP contribution >= 0.6 is 0 Å². The van der Waals surface area contributed by atoms with Crippen LogP contribution in [0.1, 0.15) is 11.4 Å². The van der Waals surface area contributed by atoms with Crippen molar-refractivity contribution in [2.45, 2.75) is 12.8 Å². The fourth-order valence-electron chi connectivity index (χ4n) is 1.51. The van der Waals surface area contributed by atoms with E-state index >= 15 is 0 Å². The van der Waals surface area contributed by atoms with Crippen LogP contribution in [0.3, 0.4) is 0 Å². The Morgan fingerprint density at radius 1 is 1.23 bits per heavy atom. The Kier molecular flexibility index (Phi) is 1.81. The average molecular weight is 178 g/mol. The number of allylic oxidation sites excluding steroid dienone is 2. The van der Waals surface area contributed by atoms with Crippen molar-refractivity contribution in [2.75, 3.05) is 0 Å². The molecule has 1 heterocycles. The second kappa shape index (κ2) is 2.97. The van der Waals surface area contributed by atoms with E-state index in [4.69, 9.17) is 10.2 Å². The standard InChI is InChI=1S/C9H10N2O2/c12-3-6-1-8-9(11-5-10-8)2-7(6)4-13/h3-5,12-13H,1-2H2,(H,10,11). The minimum Gasteiger partial charge on any atom is -0.515 e. The molecule has 1 aliphatic rings. The molecule has 68 valence electrons. The molecule has 1 aliphatic carbocycles. The van der Waals surface area contributed by atoms with Crippen LogP contribution in [-0.2, 0) is 12.8 Å². The van der Waals surface area contributed by atoms with Gasteiger partial charge in [-0.2, -0.15) is 0 Å². The van der Waals surface area contributed by atoms with Gasteiger partial charge in [-0.25, -0.2) is 4.98 Å². The molecule has 0 fully saturated rings. The van der Waals surface area contributed by atoms with E-state index in [2.05, 4.69) is 9.97 Å². The molecule has 0 spiro atoms. The number of imidazole rings is 1. The number of aromatic nitrogens is 2. The lowest BCUT2D eigenvalue weighted by atomic mass is 9.92. The van der Waals surface area contributed by atoms with Crippen LogP contribution in [0, 0.1) is 0 Å². The summed E-state index contributed by atoms with van der Waals surface area (Å²) in [5.74, 6) is 0. The van der Waals surface area contributed by atoms with Crippen LogP contribution in [0.25, 0.3) is 0 Å². The van der Waals surface area contributed by atoms with Gasteiger partial charge >= 0.3 is 0 Å². The van der Waals surface area contributed by atoms with Crippen LogP contribution in [0.4, 0.5) is 0 Å². The molecule has 0 aliphatic heterocycles. The van der Waals surface area contributed by atoms with Gasteiger partial charge in [0.1, 0.15) is 0 Å². The average Bonchev–Trinajstić information content (AvgIpc) is 2.62. The predicted molar refractivity (Wildman–Crippen MR) is 47.4 cm³/mol. The minimum absolute atomic E-state index is 0.571. The number of fused-ring (bicyclic) bond motifs is 1. The summed E-state index contributed by atoms with van der Waals surface area (Å²) in [6, 6.07) is 0. The van der Waals surface area contributed by atoms with Gasteiger partial charge in [0, 0.05) is 18.5 Å². The van der Waals surface area contributed by atoms with Crippen molar-refractivity contribution >= 4 is 0 Å². The van der Waals surface area contributed by atoms with Crippen LogP contribution in [0.5, 0.6) is 0 Å². The topological polar surface area (TPSA) is 69.1 Å². The molecular weight excluding hydrogens is 168 g/mol. The molecular formula is C9H10N2O2. The fraction of sp³-hybridized carbons (Fsp3) is 0.222. The van der Waals surface area contributed by atoms with Gasteiger partial charge < -0.3 is 15.2 Å². The van der Waals surface area contributed by atoms with Crippen molar-refractivity contribution in [1.29, 1.82) is 0 Å². The lowest BCUT2D eigenvalue weighted by molar-refractivity contribution is 0.453. The highest BCUT2D eigenvalue weighted by Gasteiger charge is 2.19. The van der Waals surface area contributed by atoms with Crippen molar-refractivity contribution in [2.24, 2.45) is 0 Å². The smallest absolute Gasteiger partial charge is 0.0925 e. The number of nitrogens with one attached hydrogen (secondary N) is 1. The van der Waals surface area contributed by atoms with E-state index in [0.717, 1.165) is 35.1 Å².